The van der Waals surface area contributed by atoms with Gasteiger partial charge < -0.3 is 10.4 Å². The molecule has 2 rings (SSSR count). The molecule has 0 saturated heterocycles. The van der Waals surface area contributed by atoms with Gasteiger partial charge in [0.25, 0.3) is 5.91 Å². The number of phenolic OH excluding ortho intramolecular Hbond substituents is 1. The van der Waals surface area contributed by atoms with E-state index in [9.17, 15) is 9.90 Å². The highest BCUT2D eigenvalue weighted by molar-refractivity contribution is 6.30. The summed E-state index contributed by atoms with van der Waals surface area (Å²) in [5.41, 5.74) is 2.38. The van der Waals surface area contributed by atoms with E-state index in [1.54, 1.807) is 6.07 Å². The zero-order valence-corrected chi connectivity index (χ0v) is 11.2. The SMILES string of the molecule is Cc1ccccc1CNC(=O)c1ccc(Cl)cc1O. The Kier molecular flexibility index (Phi) is 4.07. The van der Waals surface area contributed by atoms with E-state index >= 15 is 0 Å². The Labute approximate surface area is 116 Å². The molecule has 2 N–H and O–H groups in total. The van der Waals surface area contributed by atoms with Crippen molar-refractivity contribution in [1.82, 2.24) is 5.32 Å². The van der Waals surface area contributed by atoms with Gasteiger partial charge in [-0.05, 0) is 36.2 Å². The van der Waals surface area contributed by atoms with Gasteiger partial charge in [0.05, 0.1) is 5.56 Å². The van der Waals surface area contributed by atoms with Crippen molar-refractivity contribution in [3.8, 4) is 5.75 Å². The van der Waals surface area contributed by atoms with Crippen LogP contribution in [-0.2, 0) is 6.54 Å². The van der Waals surface area contributed by atoms with Crippen molar-refractivity contribution in [2.24, 2.45) is 0 Å². The molecule has 0 unspecified atom stereocenters. The molecule has 0 spiro atoms. The van der Waals surface area contributed by atoms with Crippen LogP contribution in [0, 0.1) is 6.92 Å². The molecule has 0 bridgehead atoms. The third-order valence-electron chi connectivity index (χ3n) is 2.91. The lowest BCUT2D eigenvalue weighted by molar-refractivity contribution is 0.0948. The summed E-state index contributed by atoms with van der Waals surface area (Å²) in [6.45, 7) is 2.41. The molecule has 2 aromatic rings. The summed E-state index contributed by atoms with van der Waals surface area (Å²) in [5.74, 6) is -0.438. The number of aromatic hydroxyl groups is 1. The molecule has 3 nitrogen and oxygen atoms in total. The van der Waals surface area contributed by atoms with Gasteiger partial charge in [-0.1, -0.05) is 35.9 Å². The zero-order chi connectivity index (χ0) is 13.8. The van der Waals surface area contributed by atoms with Crippen LogP contribution >= 0.6 is 11.6 Å². The van der Waals surface area contributed by atoms with E-state index in [-0.39, 0.29) is 17.2 Å². The normalized spacial score (nSPS) is 10.2. The lowest BCUT2D eigenvalue weighted by Gasteiger charge is -2.09. The van der Waals surface area contributed by atoms with Crippen molar-refractivity contribution in [3.63, 3.8) is 0 Å². The van der Waals surface area contributed by atoms with Crippen molar-refractivity contribution >= 4 is 17.5 Å². The molecule has 0 fully saturated rings. The second-order valence-electron chi connectivity index (χ2n) is 4.27. The fourth-order valence-corrected chi connectivity index (χ4v) is 1.94. The molecule has 0 radical (unpaired) electrons. The molecule has 0 saturated carbocycles. The first-order valence-electron chi connectivity index (χ1n) is 5.89. The van der Waals surface area contributed by atoms with Crippen molar-refractivity contribution < 1.29 is 9.90 Å². The molecule has 2 aromatic carbocycles. The Hall–Kier alpha value is -2.00. The van der Waals surface area contributed by atoms with Crippen LogP contribution in [0.3, 0.4) is 0 Å². The Morgan fingerprint density at radius 2 is 2.00 bits per heavy atom. The average Bonchev–Trinajstić information content (AvgIpc) is 2.37. The predicted octanol–water partition coefficient (Wildman–Crippen LogP) is 3.28. The zero-order valence-electron chi connectivity index (χ0n) is 10.5. The van der Waals surface area contributed by atoms with Gasteiger partial charge in [0, 0.05) is 11.6 Å². The minimum absolute atomic E-state index is 0.116. The van der Waals surface area contributed by atoms with Crippen LogP contribution in [0.1, 0.15) is 21.5 Å². The van der Waals surface area contributed by atoms with Crippen LogP contribution in [0.4, 0.5) is 0 Å². The number of aryl methyl sites for hydroxylation is 1. The van der Waals surface area contributed by atoms with Crippen molar-refractivity contribution in [1.29, 1.82) is 0 Å². The summed E-state index contributed by atoms with van der Waals surface area (Å²) in [4.78, 5) is 11.9. The topological polar surface area (TPSA) is 49.3 Å². The van der Waals surface area contributed by atoms with Crippen LogP contribution in [0.5, 0.6) is 5.75 Å². The molecule has 0 heterocycles. The molecule has 4 heteroatoms. The molecule has 0 aliphatic rings. The van der Waals surface area contributed by atoms with Crippen molar-refractivity contribution in [2.45, 2.75) is 13.5 Å². The maximum absolute atomic E-state index is 11.9. The Morgan fingerprint density at radius 1 is 1.26 bits per heavy atom. The number of benzene rings is 2. The Balaban J connectivity index is 2.08. The summed E-state index contributed by atoms with van der Waals surface area (Å²) in [6, 6.07) is 12.2. The predicted molar refractivity (Wildman–Crippen MR) is 75.5 cm³/mol. The van der Waals surface area contributed by atoms with Gasteiger partial charge in [-0.2, -0.15) is 0 Å². The van der Waals surface area contributed by atoms with Gasteiger partial charge in [-0.3, -0.25) is 4.79 Å². The van der Waals surface area contributed by atoms with Gasteiger partial charge in [-0.25, -0.2) is 0 Å². The van der Waals surface area contributed by atoms with Gasteiger partial charge in [0.2, 0.25) is 0 Å². The number of carbonyl (C=O) groups excluding carboxylic acids is 1. The first kappa shape index (κ1) is 13.4. The molecule has 1 amide bonds. The highest BCUT2D eigenvalue weighted by atomic mass is 35.5. The van der Waals surface area contributed by atoms with Crippen LogP contribution in [0.2, 0.25) is 5.02 Å². The third-order valence-corrected chi connectivity index (χ3v) is 3.14. The largest absolute Gasteiger partial charge is 0.507 e. The summed E-state index contributed by atoms with van der Waals surface area (Å²) < 4.78 is 0. The Bertz CT molecular complexity index is 611. The fourth-order valence-electron chi connectivity index (χ4n) is 1.78. The van der Waals surface area contributed by atoms with Crippen molar-refractivity contribution in [2.75, 3.05) is 0 Å². The maximum atomic E-state index is 11.9. The second-order valence-corrected chi connectivity index (χ2v) is 4.71. The van der Waals surface area contributed by atoms with Gasteiger partial charge >= 0.3 is 0 Å². The number of phenols is 1. The number of hydrogen-bond donors (Lipinski definition) is 2. The fraction of sp³-hybridized carbons (Fsp3) is 0.133. The first-order chi connectivity index (χ1) is 9.08. The van der Waals surface area contributed by atoms with Gasteiger partial charge in [0.1, 0.15) is 5.75 Å². The molecule has 19 heavy (non-hydrogen) atoms. The van der Waals surface area contributed by atoms with Crippen LogP contribution in [0.25, 0.3) is 0 Å². The van der Waals surface area contributed by atoms with E-state index < -0.39 is 0 Å². The number of nitrogens with one attached hydrogen (secondary N) is 1. The summed E-state index contributed by atoms with van der Waals surface area (Å²) in [5, 5.41) is 12.8. The van der Waals surface area contributed by atoms with E-state index in [0.717, 1.165) is 11.1 Å². The number of halogens is 1. The number of rotatable bonds is 3. The quantitative estimate of drug-likeness (QED) is 0.903. The maximum Gasteiger partial charge on any atom is 0.255 e. The van der Waals surface area contributed by atoms with E-state index in [2.05, 4.69) is 5.32 Å². The number of hydrogen-bond acceptors (Lipinski definition) is 2. The number of amides is 1. The molecule has 0 aromatic heterocycles. The lowest BCUT2D eigenvalue weighted by atomic mass is 10.1. The smallest absolute Gasteiger partial charge is 0.255 e. The molecule has 98 valence electrons. The van der Waals surface area contributed by atoms with Crippen molar-refractivity contribution in [3.05, 3.63) is 64.2 Å². The van der Waals surface area contributed by atoms with E-state index in [0.29, 0.717) is 11.6 Å². The average molecular weight is 276 g/mol. The molecular formula is C15H14ClNO2. The van der Waals surface area contributed by atoms with Crippen LogP contribution < -0.4 is 5.32 Å². The summed E-state index contributed by atoms with van der Waals surface area (Å²) in [6.07, 6.45) is 0. The minimum Gasteiger partial charge on any atom is -0.507 e. The second kappa shape index (κ2) is 5.76. The van der Waals surface area contributed by atoms with E-state index in [1.807, 2.05) is 31.2 Å². The number of carbonyl (C=O) groups is 1. The monoisotopic (exact) mass is 275 g/mol. The van der Waals surface area contributed by atoms with Crippen LogP contribution in [-0.4, -0.2) is 11.0 Å². The van der Waals surface area contributed by atoms with Gasteiger partial charge in [-0.15, -0.1) is 0 Å². The lowest BCUT2D eigenvalue weighted by Crippen LogP contribution is -2.23. The van der Waals surface area contributed by atoms with Gasteiger partial charge in [0.15, 0.2) is 0 Å². The first-order valence-corrected chi connectivity index (χ1v) is 6.27. The molecule has 0 atom stereocenters. The third kappa shape index (κ3) is 3.26. The minimum atomic E-state index is -0.322. The standard InChI is InChI=1S/C15H14ClNO2/c1-10-4-2-3-5-11(10)9-17-15(19)13-7-6-12(16)8-14(13)18/h2-8,18H,9H2,1H3,(H,17,19). The summed E-state index contributed by atoms with van der Waals surface area (Å²) >= 11 is 5.72. The highest BCUT2D eigenvalue weighted by Gasteiger charge is 2.11. The molecule has 0 aliphatic heterocycles. The molecule has 0 aliphatic carbocycles. The Morgan fingerprint density at radius 3 is 2.68 bits per heavy atom. The highest BCUT2D eigenvalue weighted by Crippen LogP contribution is 2.21. The molecular weight excluding hydrogens is 262 g/mol. The van der Waals surface area contributed by atoms with E-state index in [1.165, 1.54) is 12.1 Å². The van der Waals surface area contributed by atoms with Crippen LogP contribution in [0.15, 0.2) is 42.5 Å². The summed E-state index contributed by atoms with van der Waals surface area (Å²) in [7, 11) is 0. The van der Waals surface area contributed by atoms with E-state index in [4.69, 9.17) is 11.6 Å².